The molecule has 3 heteroatoms. The number of hydrogen-bond acceptors (Lipinski definition) is 2. The van der Waals surface area contributed by atoms with Gasteiger partial charge in [0, 0.05) is 18.4 Å². The quantitative estimate of drug-likeness (QED) is 0.855. The van der Waals surface area contributed by atoms with Gasteiger partial charge in [-0.25, -0.2) is 4.98 Å². The van der Waals surface area contributed by atoms with Gasteiger partial charge in [-0.1, -0.05) is 41.0 Å². The fourth-order valence-electron chi connectivity index (χ4n) is 2.14. The van der Waals surface area contributed by atoms with Crippen LogP contribution in [-0.2, 0) is 12.5 Å². The number of nitrogens with zero attached hydrogens (tertiary/aromatic N) is 2. The average Bonchev–Trinajstić information content (AvgIpc) is 2.44. The number of imidazole rings is 1. The molecule has 2 N–H and O–H groups in total. The summed E-state index contributed by atoms with van der Waals surface area (Å²) in [6.45, 7) is 10.9. The van der Waals surface area contributed by atoms with E-state index in [0.29, 0.717) is 5.92 Å². The third-order valence-corrected chi connectivity index (χ3v) is 3.03. The molecule has 0 aromatic carbocycles. The second kappa shape index (κ2) is 4.48. The van der Waals surface area contributed by atoms with E-state index in [1.165, 1.54) is 6.42 Å². The van der Waals surface area contributed by atoms with Crippen molar-refractivity contribution in [2.24, 2.45) is 7.05 Å². The zero-order chi connectivity index (χ0) is 12.5. The summed E-state index contributed by atoms with van der Waals surface area (Å²) in [5.41, 5.74) is 7.24. The molecular weight excluding hydrogens is 198 g/mol. The molecule has 0 bridgehead atoms. The summed E-state index contributed by atoms with van der Waals surface area (Å²) in [5, 5.41) is 0. The third-order valence-electron chi connectivity index (χ3n) is 3.03. The van der Waals surface area contributed by atoms with E-state index >= 15 is 0 Å². The van der Waals surface area contributed by atoms with Crippen LogP contribution in [0.5, 0.6) is 0 Å². The average molecular weight is 223 g/mol. The molecule has 1 aromatic rings. The van der Waals surface area contributed by atoms with Crippen molar-refractivity contribution < 1.29 is 0 Å². The number of anilines is 1. The second-order valence-electron chi connectivity index (χ2n) is 5.70. The molecule has 16 heavy (non-hydrogen) atoms. The van der Waals surface area contributed by atoms with Crippen molar-refractivity contribution in [2.75, 3.05) is 5.73 Å². The molecule has 92 valence electrons. The lowest BCUT2D eigenvalue weighted by Crippen LogP contribution is -2.17. The molecule has 1 rings (SSSR count). The highest BCUT2D eigenvalue weighted by Gasteiger charge is 2.24. The highest BCUT2D eigenvalue weighted by Crippen LogP contribution is 2.30. The Bertz CT molecular complexity index is 358. The predicted molar refractivity (Wildman–Crippen MR) is 69.6 cm³/mol. The van der Waals surface area contributed by atoms with Crippen LogP contribution in [0.2, 0.25) is 0 Å². The SMILES string of the molecule is CCCC(C)c1nc(C(C)(C)C)n(C)c1N. The summed E-state index contributed by atoms with van der Waals surface area (Å²) in [5.74, 6) is 2.35. The van der Waals surface area contributed by atoms with Gasteiger partial charge >= 0.3 is 0 Å². The van der Waals surface area contributed by atoms with E-state index in [2.05, 4.69) is 34.6 Å². The minimum Gasteiger partial charge on any atom is -0.384 e. The molecule has 1 heterocycles. The molecule has 0 saturated heterocycles. The first-order valence-electron chi connectivity index (χ1n) is 6.11. The fraction of sp³-hybridized carbons (Fsp3) is 0.769. The Morgan fingerprint density at radius 1 is 1.38 bits per heavy atom. The van der Waals surface area contributed by atoms with Crippen molar-refractivity contribution in [3.05, 3.63) is 11.5 Å². The van der Waals surface area contributed by atoms with E-state index in [1.54, 1.807) is 0 Å². The molecule has 0 aliphatic rings. The number of rotatable bonds is 3. The van der Waals surface area contributed by atoms with E-state index in [1.807, 2.05) is 11.6 Å². The Kier molecular flexibility index (Phi) is 3.66. The molecule has 0 saturated carbocycles. The summed E-state index contributed by atoms with van der Waals surface area (Å²) in [6.07, 6.45) is 2.31. The molecule has 1 unspecified atom stereocenters. The Morgan fingerprint density at radius 3 is 2.31 bits per heavy atom. The second-order valence-corrected chi connectivity index (χ2v) is 5.70. The standard InChI is InChI=1S/C13H25N3/c1-7-8-9(2)10-11(14)16(6)12(15-10)13(3,4)5/h9H,7-8,14H2,1-6H3. The highest BCUT2D eigenvalue weighted by molar-refractivity contribution is 5.41. The van der Waals surface area contributed by atoms with Crippen LogP contribution in [0.1, 0.15) is 64.9 Å². The molecule has 1 atom stereocenters. The maximum atomic E-state index is 6.13. The largest absolute Gasteiger partial charge is 0.384 e. The summed E-state index contributed by atoms with van der Waals surface area (Å²) in [6, 6.07) is 0. The lowest BCUT2D eigenvalue weighted by Gasteiger charge is -2.17. The van der Waals surface area contributed by atoms with Gasteiger partial charge in [-0.05, 0) is 6.42 Å². The zero-order valence-electron chi connectivity index (χ0n) is 11.5. The summed E-state index contributed by atoms with van der Waals surface area (Å²) in [7, 11) is 2.01. The number of nitrogens with two attached hydrogens (primary N) is 1. The fourth-order valence-corrected chi connectivity index (χ4v) is 2.14. The topological polar surface area (TPSA) is 43.8 Å². The van der Waals surface area contributed by atoms with Gasteiger partial charge in [-0.2, -0.15) is 0 Å². The smallest absolute Gasteiger partial charge is 0.126 e. The van der Waals surface area contributed by atoms with Crippen LogP contribution >= 0.6 is 0 Å². The van der Waals surface area contributed by atoms with Crippen LogP contribution in [0.4, 0.5) is 5.82 Å². The normalized spacial score (nSPS) is 14.1. The van der Waals surface area contributed by atoms with Crippen molar-refractivity contribution >= 4 is 5.82 Å². The first-order valence-corrected chi connectivity index (χ1v) is 6.11. The van der Waals surface area contributed by atoms with Crippen LogP contribution < -0.4 is 5.73 Å². The van der Waals surface area contributed by atoms with Gasteiger partial charge in [0.15, 0.2) is 0 Å². The minimum absolute atomic E-state index is 0.0487. The van der Waals surface area contributed by atoms with Crippen LogP contribution in [0.15, 0.2) is 0 Å². The molecule has 3 nitrogen and oxygen atoms in total. The lowest BCUT2D eigenvalue weighted by molar-refractivity contribution is 0.521. The molecule has 0 spiro atoms. The van der Waals surface area contributed by atoms with Gasteiger partial charge in [0.25, 0.3) is 0 Å². The summed E-state index contributed by atoms with van der Waals surface area (Å²) < 4.78 is 2.03. The van der Waals surface area contributed by atoms with Crippen molar-refractivity contribution in [3.63, 3.8) is 0 Å². The number of nitrogen functional groups attached to an aromatic ring is 1. The van der Waals surface area contributed by atoms with E-state index < -0.39 is 0 Å². The van der Waals surface area contributed by atoms with Gasteiger partial charge in [0.2, 0.25) is 0 Å². The predicted octanol–water partition coefficient (Wildman–Crippen LogP) is 3.20. The molecule has 0 aliphatic heterocycles. The first kappa shape index (κ1) is 13.1. The monoisotopic (exact) mass is 223 g/mol. The van der Waals surface area contributed by atoms with Crippen LogP contribution in [0, 0.1) is 0 Å². The maximum Gasteiger partial charge on any atom is 0.126 e. The van der Waals surface area contributed by atoms with Gasteiger partial charge < -0.3 is 10.3 Å². The molecular formula is C13H25N3. The van der Waals surface area contributed by atoms with Gasteiger partial charge in [0.05, 0.1) is 5.69 Å². The highest BCUT2D eigenvalue weighted by atomic mass is 15.1. The van der Waals surface area contributed by atoms with E-state index in [9.17, 15) is 0 Å². The molecule has 0 radical (unpaired) electrons. The van der Waals surface area contributed by atoms with Crippen molar-refractivity contribution in [3.8, 4) is 0 Å². The summed E-state index contributed by atoms with van der Waals surface area (Å²) >= 11 is 0. The van der Waals surface area contributed by atoms with E-state index in [0.717, 1.165) is 23.8 Å². The minimum atomic E-state index is 0.0487. The number of aromatic nitrogens is 2. The van der Waals surface area contributed by atoms with Crippen LogP contribution in [0.25, 0.3) is 0 Å². The zero-order valence-corrected chi connectivity index (χ0v) is 11.5. The Balaban J connectivity index is 3.14. The van der Waals surface area contributed by atoms with E-state index in [4.69, 9.17) is 10.7 Å². The van der Waals surface area contributed by atoms with Crippen LogP contribution in [0.3, 0.4) is 0 Å². The summed E-state index contributed by atoms with van der Waals surface area (Å²) in [4.78, 5) is 4.74. The maximum absolute atomic E-state index is 6.13. The third kappa shape index (κ3) is 2.39. The van der Waals surface area contributed by atoms with Crippen molar-refractivity contribution in [1.29, 1.82) is 0 Å². The molecule has 0 aliphatic carbocycles. The van der Waals surface area contributed by atoms with Crippen molar-refractivity contribution in [2.45, 2.75) is 58.8 Å². The van der Waals surface area contributed by atoms with Gasteiger partial charge in [0.1, 0.15) is 11.6 Å². The molecule has 0 fully saturated rings. The molecule has 0 amide bonds. The lowest BCUT2D eigenvalue weighted by atomic mass is 9.96. The number of hydrogen-bond donors (Lipinski definition) is 1. The van der Waals surface area contributed by atoms with Gasteiger partial charge in [-0.3, -0.25) is 0 Å². The Labute approximate surface area is 99.1 Å². The van der Waals surface area contributed by atoms with Crippen LogP contribution in [-0.4, -0.2) is 9.55 Å². The van der Waals surface area contributed by atoms with Gasteiger partial charge in [-0.15, -0.1) is 0 Å². The Morgan fingerprint density at radius 2 is 1.94 bits per heavy atom. The van der Waals surface area contributed by atoms with Crippen molar-refractivity contribution in [1.82, 2.24) is 9.55 Å². The van der Waals surface area contributed by atoms with E-state index in [-0.39, 0.29) is 5.41 Å². The first-order chi connectivity index (χ1) is 7.29. The molecule has 1 aromatic heterocycles. The Hall–Kier alpha value is -0.990.